The molecule has 0 radical (unpaired) electrons. The Morgan fingerprint density at radius 2 is 1.78 bits per heavy atom. The zero-order valence-corrected chi connectivity index (χ0v) is 11.5. The Bertz CT molecular complexity index is 547. The average Bonchev–Trinajstić information content (AvgIpc) is 2.35. The number of benzene rings is 1. The Morgan fingerprint density at radius 1 is 1.00 bits per heavy atom. The van der Waals surface area contributed by atoms with E-state index < -0.39 is 0 Å². The van der Waals surface area contributed by atoms with Gasteiger partial charge in [-0.3, -0.25) is 4.98 Å². The van der Waals surface area contributed by atoms with Crippen LogP contribution in [0.15, 0.2) is 36.7 Å². The van der Waals surface area contributed by atoms with Crippen molar-refractivity contribution in [3.8, 4) is 0 Å². The fourth-order valence-corrected chi connectivity index (χ4v) is 2.31. The number of hydrogen-bond donors (Lipinski definition) is 1. The fraction of sp³-hybridized carbons (Fsp3) is 0.312. The first-order valence-corrected chi connectivity index (χ1v) is 6.28. The van der Waals surface area contributed by atoms with Gasteiger partial charge in [-0.2, -0.15) is 0 Å². The van der Waals surface area contributed by atoms with Crippen LogP contribution in [0.3, 0.4) is 0 Å². The summed E-state index contributed by atoms with van der Waals surface area (Å²) in [7, 11) is 1.99. The largest absolute Gasteiger partial charge is 0.309 e. The predicted molar refractivity (Wildman–Crippen MR) is 75.8 cm³/mol. The topological polar surface area (TPSA) is 24.9 Å². The number of rotatable bonds is 3. The summed E-state index contributed by atoms with van der Waals surface area (Å²) in [5.41, 5.74) is 6.33. The van der Waals surface area contributed by atoms with Gasteiger partial charge in [0, 0.05) is 12.4 Å². The highest BCUT2D eigenvalue weighted by molar-refractivity contribution is 5.39. The first-order valence-electron chi connectivity index (χ1n) is 6.28. The van der Waals surface area contributed by atoms with E-state index in [0.717, 1.165) is 0 Å². The fourth-order valence-electron chi connectivity index (χ4n) is 2.31. The second kappa shape index (κ2) is 5.32. The van der Waals surface area contributed by atoms with Crippen molar-refractivity contribution in [2.24, 2.45) is 0 Å². The average molecular weight is 240 g/mol. The summed E-state index contributed by atoms with van der Waals surface area (Å²) in [5.74, 6) is 0. The Labute approximate surface area is 109 Å². The molecule has 18 heavy (non-hydrogen) atoms. The predicted octanol–water partition coefficient (Wildman–Crippen LogP) is 3.32. The SMILES string of the molecule is CNC(c1cncc(C)c1)c1cc(C)ccc1C. The molecule has 0 fully saturated rings. The summed E-state index contributed by atoms with van der Waals surface area (Å²) in [6.07, 6.45) is 3.83. The first-order chi connectivity index (χ1) is 8.61. The highest BCUT2D eigenvalue weighted by Gasteiger charge is 2.14. The minimum Gasteiger partial charge on any atom is -0.309 e. The van der Waals surface area contributed by atoms with Gasteiger partial charge in [0.2, 0.25) is 0 Å². The monoisotopic (exact) mass is 240 g/mol. The van der Waals surface area contributed by atoms with Crippen molar-refractivity contribution >= 4 is 0 Å². The maximum absolute atomic E-state index is 4.29. The summed E-state index contributed by atoms with van der Waals surface area (Å²) >= 11 is 0. The third-order valence-corrected chi connectivity index (χ3v) is 3.26. The van der Waals surface area contributed by atoms with E-state index in [2.05, 4.69) is 55.3 Å². The molecule has 2 rings (SSSR count). The second-order valence-corrected chi connectivity index (χ2v) is 4.88. The van der Waals surface area contributed by atoms with Crippen LogP contribution in [0, 0.1) is 20.8 Å². The Kier molecular flexibility index (Phi) is 3.78. The molecular weight excluding hydrogens is 220 g/mol. The molecule has 94 valence electrons. The van der Waals surface area contributed by atoms with Gasteiger partial charge in [-0.15, -0.1) is 0 Å². The molecular formula is C16H20N2. The smallest absolute Gasteiger partial charge is 0.0592 e. The van der Waals surface area contributed by atoms with E-state index in [4.69, 9.17) is 0 Å². The van der Waals surface area contributed by atoms with Crippen molar-refractivity contribution in [3.63, 3.8) is 0 Å². The van der Waals surface area contributed by atoms with Crippen LogP contribution in [-0.2, 0) is 0 Å². The zero-order valence-electron chi connectivity index (χ0n) is 11.5. The molecule has 2 nitrogen and oxygen atoms in total. The van der Waals surface area contributed by atoms with Crippen LogP contribution >= 0.6 is 0 Å². The number of aromatic nitrogens is 1. The number of aryl methyl sites for hydroxylation is 3. The summed E-state index contributed by atoms with van der Waals surface area (Å²) in [6.45, 7) is 6.36. The molecule has 1 atom stereocenters. The summed E-state index contributed by atoms with van der Waals surface area (Å²) < 4.78 is 0. The van der Waals surface area contributed by atoms with Gasteiger partial charge in [0.05, 0.1) is 6.04 Å². The minimum absolute atomic E-state index is 0.206. The zero-order chi connectivity index (χ0) is 13.1. The lowest BCUT2D eigenvalue weighted by Gasteiger charge is -2.20. The van der Waals surface area contributed by atoms with Crippen LogP contribution in [0.5, 0.6) is 0 Å². The highest BCUT2D eigenvalue weighted by atomic mass is 14.9. The van der Waals surface area contributed by atoms with E-state index in [9.17, 15) is 0 Å². The maximum atomic E-state index is 4.29. The van der Waals surface area contributed by atoms with Crippen LogP contribution in [0.25, 0.3) is 0 Å². The van der Waals surface area contributed by atoms with Gasteiger partial charge < -0.3 is 5.32 Å². The quantitative estimate of drug-likeness (QED) is 0.890. The summed E-state index contributed by atoms with van der Waals surface area (Å²) in [5, 5.41) is 3.39. The minimum atomic E-state index is 0.206. The molecule has 1 aromatic heterocycles. The highest BCUT2D eigenvalue weighted by Crippen LogP contribution is 2.25. The molecule has 2 aromatic rings. The van der Waals surface area contributed by atoms with Gasteiger partial charge >= 0.3 is 0 Å². The lowest BCUT2D eigenvalue weighted by atomic mass is 9.94. The lowest BCUT2D eigenvalue weighted by molar-refractivity contribution is 0.683. The molecule has 0 aliphatic carbocycles. The van der Waals surface area contributed by atoms with Crippen LogP contribution in [0.4, 0.5) is 0 Å². The lowest BCUT2D eigenvalue weighted by Crippen LogP contribution is -2.19. The van der Waals surface area contributed by atoms with Crippen molar-refractivity contribution in [2.45, 2.75) is 26.8 Å². The molecule has 0 saturated heterocycles. The van der Waals surface area contributed by atoms with Crippen LogP contribution in [-0.4, -0.2) is 12.0 Å². The van der Waals surface area contributed by atoms with Gasteiger partial charge in [-0.1, -0.05) is 29.8 Å². The van der Waals surface area contributed by atoms with Gasteiger partial charge in [0.15, 0.2) is 0 Å². The van der Waals surface area contributed by atoms with E-state index in [1.54, 1.807) is 0 Å². The molecule has 1 heterocycles. The number of nitrogens with one attached hydrogen (secondary N) is 1. The standard InChI is InChI=1S/C16H20N2/c1-11-5-6-13(3)15(8-11)16(17-4)14-7-12(2)9-18-10-14/h5-10,16-17H,1-4H3. The van der Waals surface area contributed by atoms with E-state index >= 15 is 0 Å². The molecule has 1 aromatic carbocycles. The van der Waals surface area contributed by atoms with Gasteiger partial charge in [-0.05, 0) is 50.1 Å². The molecule has 0 aliphatic rings. The van der Waals surface area contributed by atoms with Gasteiger partial charge in [-0.25, -0.2) is 0 Å². The van der Waals surface area contributed by atoms with Crippen molar-refractivity contribution in [2.75, 3.05) is 7.05 Å². The van der Waals surface area contributed by atoms with E-state index in [0.29, 0.717) is 0 Å². The van der Waals surface area contributed by atoms with Crippen molar-refractivity contribution in [3.05, 3.63) is 64.5 Å². The van der Waals surface area contributed by atoms with Crippen LogP contribution < -0.4 is 5.32 Å². The molecule has 0 saturated carbocycles. The Hall–Kier alpha value is -1.67. The summed E-state index contributed by atoms with van der Waals surface area (Å²) in [6, 6.07) is 8.98. The first kappa shape index (κ1) is 12.8. The Balaban J connectivity index is 2.48. The number of hydrogen-bond acceptors (Lipinski definition) is 2. The molecule has 1 unspecified atom stereocenters. The number of nitrogens with zero attached hydrogens (tertiary/aromatic N) is 1. The van der Waals surface area contributed by atoms with E-state index in [1.807, 2.05) is 19.4 Å². The van der Waals surface area contributed by atoms with Crippen molar-refractivity contribution in [1.82, 2.24) is 10.3 Å². The molecule has 0 bridgehead atoms. The van der Waals surface area contributed by atoms with Crippen LogP contribution in [0.2, 0.25) is 0 Å². The van der Waals surface area contributed by atoms with E-state index in [1.165, 1.54) is 27.8 Å². The molecule has 1 N–H and O–H groups in total. The Morgan fingerprint density at radius 3 is 2.44 bits per heavy atom. The molecule has 0 amide bonds. The summed E-state index contributed by atoms with van der Waals surface area (Å²) in [4.78, 5) is 4.29. The second-order valence-electron chi connectivity index (χ2n) is 4.88. The van der Waals surface area contributed by atoms with Gasteiger partial charge in [0.25, 0.3) is 0 Å². The van der Waals surface area contributed by atoms with Crippen molar-refractivity contribution in [1.29, 1.82) is 0 Å². The third kappa shape index (κ3) is 2.59. The third-order valence-electron chi connectivity index (χ3n) is 3.26. The van der Waals surface area contributed by atoms with Gasteiger partial charge in [0.1, 0.15) is 0 Å². The molecule has 2 heteroatoms. The van der Waals surface area contributed by atoms with Crippen LogP contribution in [0.1, 0.15) is 33.9 Å². The molecule has 0 aliphatic heterocycles. The molecule has 0 spiro atoms. The van der Waals surface area contributed by atoms with Crippen molar-refractivity contribution < 1.29 is 0 Å². The maximum Gasteiger partial charge on any atom is 0.0592 e. The normalized spacial score (nSPS) is 12.4. The number of pyridine rings is 1. The van der Waals surface area contributed by atoms with E-state index in [-0.39, 0.29) is 6.04 Å².